The van der Waals surface area contributed by atoms with Crippen LogP contribution in [-0.2, 0) is 21.5 Å². The lowest BCUT2D eigenvalue weighted by Gasteiger charge is -2.35. The van der Waals surface area contributed by atoms with Gasteiger partial charge in [-0.25, -0.2) is 4.79 Å². The van der Waals surface area contributed by atoms with E-state index >= 15 is 0 Å². The molecule has 2 heterocycles. The Hall–Kier alpha value is -2.06. The Morgan fingerprint density at radius 2 is 2.23 bits per heavy atom. The molecule has 1 aliphatic carbocycles. The number of hydrogen-bond donors (Lipinski definition) is 2. The zero-order valence-corrected chi connectivity index (χ0v) is 15.7. The molecule has 1 spiro atoms. The van der Waals surface area contributed by atoms with E-state index < -0.39 is 23.4 Å². The highest BCUT2D eigenvalue weighted by Crippen LogP contribution is 2.57. The molecule has 0 fully saturated rings. The fourth-order valence-electron chi connectivity index (χ4n) is 4.27. The second-order valence-corrected chi connectivity index (χ2v) is 7.69. The number of carboxylic acids is 1. The van der Waals surface area contributed by atoms with Crippen molar-refractivity contribution in [1.82, 2.24) is 4.90 Å². The summed E-state index contributed by atoms with van der Waals surface area (Å²) >= 11 is 3.54. The Labute approximate surface area is 158 Å². The van der Waals surface area contributed by atoms with Crippen molar-refractivity contribution in [2.24, 2.45) is 0 Å². The number of aliphatic carboxylic acids is 1. The summed E-state index contributed by atoms with van der Waals surface area (Å²) in [5, 5.41) is 19.2. The lowest BCUT2D eigenvalue weighted by molar-refractivity contribution is -0.156. The standard InChI is InChI=1S/C18H18BrNO6/c1-25-12-7-11(19)10-8-20(16(22)17(23)24)5-4-18-3-2-9(21)6-13(18)26-15(12)14(10)18/h2-3,7,9,13,21H,4-6,8H2,1H3,(H,23,24)/t9-,13?,18?/m0/s1. The van der Waals surface area contributed by atoms with Crippen LogP contribution in [0.4, 0.5) is 0 Å². The molecule has 0 aromatic heterocycles. The van der Waals surface area contributed by atoms with Crippen molar-refractivity contribution in [2.75, 3.05) is 13.7 Å². The highest BCUT2D eigenvalue weighted by molar-refractivity contribution is 9.10. The van der Waals surface area contributed by atoms with Crippen LogP contribution in [0.3, 0.4) is 0 Å². The molecule has 2 unspecified atom stereocenters. The number of carboxylic acid groups (broad SMARTS) is 1. The molecule has 0 radical (unpaired) electrons. The van der Waals surface area contributed by atoms with E-state index in [1.54, 1.807) is 19.3 Å². The monoisotopic (exact) mass is 423 g/mol. The van der Waals surface area contributed by atoms with E-state index in [9.17, 15) is 14.7 Å². The van der Waals surface area contributed by atoms with Gasteiger partial charge in [0.15, 0.2) is 11.5 Å². The highest BCUT2D eigenvalue weighted by atomic mass is 79.9. The van der Waals surface area contributed by atoms with Gasteiger partial charge in [0.2, 0.25) is 0 Å². The van der Waals surface area contributed by atoms with Gasteiger partial charge in [-0.2, -0.15) is 0 Å². The number of halogens is 1. The SMILES string of the molecule is COc1cc(Br)c2c3c1OC1C[C@@H](O)C=CC31CCN(C(=O)C(=O)O)C2. The molecule has 0 saturated heterocycles. The minimum absolute atomic E-state index is 0.173. The molecule has 26 heavy (non-hydrogen) atoms. The molecule has 1 aromatic rings. The van der Waals surface area contributed by atoms with Gasteiger partial charge in [-0.15, -0.1) is 0 Å². The zero-order valence-electron chi connectivity index (χ0n) is 14.1. The summed E-state index contributed by atoms with van der Waals surface area (Å²) in [6, 6.07) is 1.77. The second kappa shape index (κ2) is 5.99. The molecule has 3 atom stereocenters. The molecule has 0 saturated carbocycles. The number of methoxy groups -OCH3 is 1. The molecular weight excluding hydrogens is 406 g/mol. The van der Waals surface area contributed by atoms with E-state index in [2.05, 4.69) is 15.9 Å². The first kappa shape index (κ1) is 17.4. The molecule has 138 valence electrons. The van der Waals surface area contributed by atoms with Gasteiger partial charge in [0.05, 0.1) is 18.6 Å². The highest BCUT2D eigenvalue weighted by Gasteiger charge is 2.53. The van der Waals surface area contributed by atoms with Crippen LogP contribution in [0.2, 0.25) is 0 Å². The summed E-state index contributed by atoms with van der Waals surface area (Å²) in [5.41, 5.74) is 1.21. The summed E-state index contributed by atoms with van der Waals surface area (Å²) in [4.78, 5) is 24.7. The van der Waals surface area contributed by atoms with Gasteiger partial charge < -0.3 is 24.6 Å². The third-order valence-corrected chi connectivity index (χ3v) is 6.21. The Morgan fingerprint density at radius 1 is 1.46 bits per heavy atom. The topological polar surface area (TPSA) is 96.3 Å². The van der Waals surface area contributed by atoms with Crippen LogP contribution in [0.1, 0.15) is 24.0 Å². The third kappa shape index (κ3) is 2.35. The number of amides is 1. The number of carbonyl (C=O) groups is 2. The van der Waals surface area contributed by atoms with Crippen LogP contribution in [0, 0.1) is 0 Å². The van der Waals surface area contributed by atoms with Crippen LogP contribution in [0.25, 0.3) is 0 Å². The van der Waals surface area contributed by atoms with Gasteiger partial charge in [-0.3, -0.25) is 4.79 Å². The summed E-state index contributed by atoms with van der Waals surface area (Å²) in [6.07, 6.45) is 3.75. The van der Waals surface area contributed by atoms with Gasteiger partial charge >= 0.3 is 11.9 Å². The van der Waals surface area contributed by atoms with Gasteiger partial charge in [0.1, 0.15) is 6.10 Å². The molecule has 2 N–H and O–H groups in total. The molecule has 2 aliphatic heterocycles. The van der Waals surface area contributed by atoms with Crippen molar-refractivity contribution in [2.45, 2.75) is 37.0 Å². The van der Waals surface area contributed by atoms with Gasteiger partial charge in [-0.1, -0.05) is 28.1 Å². The quantitative estimate of drug-likeness (QED) is 0.525. The zero-order chi connectivity index (χ0) is 18.6. The number of hydrogen-bond acceptors (Lipinski definition) is 5. The van der Waals surface area contributed by atoms with Crippen LogP contribution in [-0.4, -0.2) is 52.9 Å². The fourth-order valence-corrected chi connectivity index (χ4v) is 4.80. The first-order valence-electron chi connectivity index (χ1n) is 8.33. The summed E-state index contributed by atoms with van der Waals surface area (Å²) in [6.45, 7) is 0.459. The van der Waals surface area contributed by atoms with Crippen molar-refractivity contribution in [3.63, 3.8) is 0 Å². The van der Waals surface area contributed by atoms with Crippen molar-refractivity contribution in [3.05, 3.63) is 33.8 Å². The lowest BCUT2D eigenvalue weighted by atomic mass is 9.69. The van der Waals surface area contributed by atoms with Crippen LogP contribution in [0.15, 0.2) is 22.7 Å². The van der Waals surface area contributed by atoms with Gasteiger partial charge in [-0.05, 0) is 18.1 Å². The van der Waals surface area contributed by atoms with Crippen molar-refractivity contribution in [3.8, 4) is 11.5 Å². The van der Waals surface area contributed by atoms with E-state index in [0.717, 1.165) is 15.6 Å². The number of aliphatic hydroxyl groups is 1. The molecule has 8 heteroatoms. The number of ether oxygens (including phenoxy) is 2. The van der Waals surface area contributed by atoms with E-state index in [1.807, 2.05) is 6.08 Å². The molecular formula is C18H18BrNO6. The van der Waals surface area contributed by atoms with Crippen molar-refractivity contribution in [1.29, 1.82) is 0 Å². The molecule has 4 rings (SSSR count). The Balaban J connectivity index is 1.92. The predicted octanol–water partition coefficient (Wildman–Crippen LogP) is 1.59. The largest absolute Gasteiger partial charge is 0.493 e. The maximum Gasteiger partial charge on any atom is 0.394 e. The van der Waals surface area contributed by atoms with E-state index in [0.29, 0.717) is 24.3 Å². The van der Waals surface area contributed by atoms with Crippen LogP contribution < -0.4 is 9.47 Å². The normalized spacial score (nSPS) is 28.7. The van der Waals surface area contributed by atoms with E-state index in [1.165, 1.54) is 4.90 Å². The van der Waals surface area contributed by atoms with Gasteiger partial charge in [0, 0.05) is 29.5 Å². The number of carbonyl (C=O) groups excluding carboxylic acids is 1. The number of aliphatic hydroxyl groups excluding tert-OH is 1. The number of benzene rings is 1. The minimum Gasteiger partial charge on any atom is -0.493 e. The third-order valence-electron chi connectivity index (χ3n) is 5.50. The smallest absolute Gasteiger partial charge is 0.394 e. The second-order valence-electron chi connectivity index (χ2n) is 6.83. The predicted molar refractivity (Wildman–Crippen MR) is 94.2 cm³/mol. The van der Waals surface area contributed by atoms with E-state index in [-0.39, 0.29) is 19.2 Å². The minimum atomic E-state index is -1.47. The first-order valence-corrected chi connectivity index (χ1v) is 9.13. The maximum atomic E-state index is 12.1. The maximum absolute atomic E-state index is 12.1. The molecule has 7 nitrogen and oxygen atoms in total. The number of nitrogens with zero attached hydrogens (tertiary/aromatic N) is 1. The van der Waals surface area contributed by atoms with Crippen LogP contribution in [0.5, 0.6) is 11.5 Å². The Kier molecular flexibility index (Phi) is 4.00. The van der Waals surface area contributed by atoms with Crippen LogP contribution >= 0.6 is 15.9 Å². The van der Waals surface area contributed by atoms with E-state index in [4.69, 9.17) is 14.6 Å². The van der Waals surface area contributed by atoms with Gasteiger partial charge in [0.25, 0.3) is 0 Å². The average molecular weight is 424 g/mol. The lowest BCUT2D eigenvalue weighted by Crippen LogP contribution is -2.43. The average Bonchev–Trinajstić information content (AvgIpc) is 2.83. The Bertz CT molecular complexity index is 837. The molecule has 0 bridgehead atoms. The fraction of sp³-hybridized carbons (Fsp3) is 0.444. The summed E-state index contributed by atoms with van der Waals surface area (Å²) < 4.78 is 12.4. The van der Waals surface area contributed by atoms with Crippen molar-refractivity contribution < 1.29 is 29.3 Å². The Morgan fingerprint density at radius 3 is 2.92 bits per heavy atom. The molecule has 1 aromatic carbocycles. The first-order chi connectivity index (χ1) is 12.4. The summed E-state index contributed by atoms with van der Waals surface area (Å²) in [7, 11) is 1.56. The molecule has 3 aliphatic rings. The number of rotatable bonds is 1. The molecule has 1 amide bonds. The summed E-state index contributed by atoms with van der Waals surface area (Å²) in [5.74, 6) is -1.20. The van der Waals surface area contributed by atoms with Crippen molar-refractivity contribution >= 4 is 27.8 Å².